The third kappa shape index (κ3) is 1.89. The Labute approximate surface area is 101 Å². The first kappa shape index (κ1) is 12.0. The minimum Gasteiger partial charge on any atom is -0.377 e. The first-order valence-corrected chi connectivity index (χ1v) is 6.63. The van der Waals surface area contributed by atoms with Gasteiger partial charge in [-0.1, -0.05) is 11.9 Å². The molecule has 16 heavy (non-hydrogen) atoms. The van der Waals surface area contributed by atoms with E-state index in [9.17, 15) is 4.79 Å². The van der Waals surface area contributed by atoms with E-state index in [1.807, 2.05) is 4.90 Å². The SMILES string of the molecule is CSN1CCN(C(=O)N(C)C)CC12COC2. The summed E-state index contributed by atoms with van der Waals surface area (Å²) >= 11 is 1.75. The van der Waals surface area contributed by atoms with Crippen molar-refractivity contribution in [1.29, 1.82) is 0 Å². The Morgan fingerprint density at radius 2 is 2.06 bits per heavy atom. The highest BCUT2D eigenvalue weighted by molar-refractivity contribution is 7.96. The van der Waals surface area contributed by atoms with Crippen molar-refractivity contribution in [1.82, 2.24) is 14.1 Å². The summed E-state index contributed by atoms with van der Waals surface area (Å²) in [5, 5.41) is 0. The van der Waals surface area contributed by atoms with E-state index in [4.69, 9.17) is 4.74 Å². The van der Waals surface area contributed by atoms with E-state index in [1.54, 1.807) is 30.9 Å². The van der Waals surface area contributed by atoms with Gasteiger partial charge in [-0.25, -0.2) is 9.10 Å². The highest BCUT2D eigenvalue weighted by Gasteiger charge is 2.49. The van der Waals surface area contributed by atoms with Crippen molar-refractivity contribution in [2.45, 2.75) is 5.54 Å². The summed E-state index contributed by atoms with van der Waals surface area (Å²) in [6.45, 7) is 3.99. The third-order valence-corrected chi connectivity index (χ3v) is 4.21. The van der Waals surface area contributed by atoms with Crippen molar-refractivity contribution >= 4 is 18.0 Å². The van der Waals surface area contributed by atoms with Gasteiger partial charge in [-0.05, 0) is 6.26 Å². The number of carbonyl (C=O) groups excluding carboxylic acids is 1. The maximum atomic E-state index is 11.9. The van der Waals surface area contributed by atoms with Crippen molar-refractivity contribution in [2.24, 2.45) is 0 Å². The van der Waals surface area contributed by atoms with Crippen LogP contribution < -0.4 is 0 Å². The predicted octanol–water partition coefficient (Wildman–Crippen LogP) is 0.333. The molecule has 2 fully saturated rings. The summed E-state index contributed by atoms with van der Waals surface area (Å²) in [6, 6.07) is 0.104. The number of carbonyl (C=O) groups is 1. The van der Waals surface area contributed by atoms with E-state index >= 15 is 0 Å². The largest absolute Gasteiger partial charge is 0.377 e. The van der Waals surface area contributed by atoms with Gasteiger partial charge in [-0.3, -0.25) is 0 Å². The van der Waals surface area contributed by atoms with Crippen LogP contribution in [-0.2, 0) is 4.74 Å². The number of hydrogen-bond donors (Lipinski definition) is 0. The van der Waals surface area contributed by atoms with Crippen molar-refractivity contribution in [3.05, 3.63) is 0 Å². The van der Waals surface area contributed by atoms with Crippen LogP contribution >= 0.6 is 11.9 Å². The normalized spacial score (nSPS) is 24.3. The molecule has 2 aliphatic heterocycles. The fourth-order valence-electron chi connectivity index (χ4n) is 2.27. The predicted molar refractivity (Wildman–Crippen MR) is 64.4 cm³/mol. The van der Waals surface area contributed by atoms with Gasteiger partial charge in [0, 0.05) is 33.7 Å². The number of hydrogen-bond acceptors (Lipinski definition) is 4. The molecule has 0 bridgehead atoms. The van der Waals surface area contributed by atoms with E-state index in [0.29, 0.717) is 0 Å². The summed E-state index contributed by atoms with van der Waals surface area (Å²) in [5.41, 5.74) is 0.0589. The highest BCUT2D eigenvalue weighted by atomic mass is 32.2. The van der Waals surface area contributed by atoms with Gasteiger partial charge in [-0.15, -0.1) is 0 Å². The van der Waals surface area contributed by atoms with E-state index < -0.39 is 0 Å². The lowest BCUT2D eigenvalue weighted by molar-refractivity contribution is -0.131. The molecule has 2 heterocycles. The molecule has 0 atom stereocenters. The topological polar surface area (TPSA) is 36.0 Å². The summed E-state index contributed by atoms with van der Waals surface area (Å²) in [4.78, 5) is 15.5. The zero-order valence-corrected chi connectivity index (χ0v) is 10.9. The Bertz CT molecular complexity index is 281. The van der Waals surface area contributed by atoms with Crippen molar-refractivity contribution in [3.63, 3.8) is 0 Å². The molecule has 0 aromatic rings. The summed E-state index contributed by atoms with van der Waals surface area (Å²) in [6.07, 6.45) is 2.09. The maximum absolute atomic E-state index is 11.9. The molecule has 0 aromatic heterocycles. The molecular weight excluding hydrogens is 226 g/mol. The Morgan fingerprint density at radius 3 is 2.50 bits per heavy atom. The molecule has 0 radical (unpaired) electrons. The molecule has 92 valence electrons. The van der Waals surface area contributed by atoms with Crippen molar-refractivity contribution in [2.75, 3.05) is 53.2 Å². The fraction of sp³-hybridized carbons (Fsp3) is 0.900. The first-order chi connectivity index (χ1) is 7.59. The smallest absolute Gasteiger partial charge is 0.319 e. The molecule has 2 rings (SSSR count). The minimum absolute atomic E-state index is 0.0589. The molecule has 6 heteroatoms. The van der Waals surface area contributed by atoms with Crippen molar-refractivity contribution in [3.8, 4) is 0 Å². The van der Waals surface area contributed by atoms with Gasteiger partial charge in [0.15, 0.2) is 0 Å². The van der Waals surface area contributed by atoms with E-state index in [0.717, 1.165) is 32.8 Å². The second-order valence-corrected chi connectivity index (χ2v) is 5.41. The van der Waals surface area contributed by atoms with Gasteiger partial charge in [-0.2, -0.15) is 0 Å². The van der Waals surface area contributed by atoms with Gasteiger partial charge >= 0.3 is 6.03 Å². The molecule has 0 saturated carbocycles. The van der Waals surface area contributed by atoms with Gasteiger partial charge in [0.1, 0.15) is 0 Å². The molecule has 0 aromatic carbocycles. The Hall–Kier alpha value is -0.460. The molecule has 2 saturated heterocycles. The summed E-state index contributed by atoms with van der Waals surface area (Å²) in [7, 11) is 3.60. The fourth-order valence-corrected chi connectivity index (χ4v) is 3.08. The number of nitrogens with zero attached hydrogens (tertiary/aromatic N) is 3. The molecule has 0 N–H and O–H groups in total. The Balaban J connectivity index is 2.04. The van der Waals surface area contributed by atoms with Crippen LogP contribution in [0.4, 0.5) is 4.79 Å². The maximum Gasteiger partial charge on any atom is 0.319 e. The average Bonchev–Trinajstić information content (AvgIpc) is 2.24. The molecule has 0 unspecified atom stereocenters. The van der Waals surface area contributed by atoms with Crippen LogP contribution in [0.15, 0.2) is 0 Å². The molecule has 0 aliphatic carbocycles. The average molecular weight is 245 g/mol. The number of amides is 2. The molecule has 5 nitrogen and oxygen atoms in total. The van der Waals surface area contributed by atoms with Crippen LogP contribution in [0, 0.1) is 0 Å². The zero-order valence-electron chi connectivity index (χ0n) is 10.1. The summed E-state index contributed by atoms with van der Waals surface area (Å²) < 4.78 is 7.69. The Morgan fingerprint density at radius 1 is 1.38 bits per heavy atom. The molecule has 1 spiro atoms. The van der Waals surface area contributed by atoms with E-state index in [1.165, 1.54) is 0 Å². The number of piperazine rings is 1. The first-order valence-electron chi connectivity index (χ1n) is 5.45. The van der Waals surface area contributed by atoms with Crippen LogP contribution in [0.5, 0.6) is 0 Å². The second kappa shape index (κ2) is 4.43. The zero-order chi connectivity index (χ0) is 11.8. The van der Waals surface area contributed by atoms with Gasteiger partial charge in [0.2, 0.25) is 0 Å². The third-order valence-electron chi connectivity index (χ3n) is 3.20. The van der Waals surface area contributed by atoms with Crippen LogP contribution in [-0.4, -0.2) is 78.9 Å². The highest BCUT2D eigenvalue weighted by Crippen LogP contribution is 2.33. The number of urea groups is 1. The van der Waals surface area contributed by atoms with E-state index in [2.05, 4.69) is 10.6 Å². The number of rotatable bonds is 1. The lowest BCUT2D eigenvalue weighted by atomic mass is 9.94. The summed E-state index contributed by atoms with van der Waals surface area (Å²) in [5.74, 6) is 0. The Kier molecular flexibility index (Phi) is 3.32. The van der Waals surface area contributed by atoms with Gasteiger partial charge in [0.25, 0.3) is 0 Å². The quantitative estimate of drug-likeness (QED) is 0.624. The second-order valence-electron chi connectivity index (χ2n) is 4.60. The van der Waals surface area contributed by atoms with Crippen molar-refractivity contribution < 1.29 is 9.53 Å². The molecule has 2 aliphatic rings. The van der Waals surface area contributed by atoms with E-state index in [-0.39, 0.29) is 11.6 Å². The molecular formula is C10H19N3O2S. The molecule has 2 amide bonds. The van der Waals surface area contributed by atoms with Crippen LogP contribution in [0.2, 0.25) is 0 Å². The monoisotopic (exact) mass is 245 g/mol. The van der Waals surface area contributed by atoms with Crippen LogP contribution in [0.25, 0.3) is 0 Å². The van der Waals surface area contributed by atoms with Gasteiger partial charge in [0.05, 0.1) is 18.8 Å². The van der Waals surface area contributed by atoms with Crippen LogP contribution in [0.3, 0.4) is 0 Å². The minimum atomic E-state index is 0.0589. The van der Waals surface area contributed by atoms with Crippen LogP contribution in [0.1, 0.15) is 0 Å². The number of ether oxygens (including phenoxy) is 1. The lowest BCUT2D eigenvalue weighted by Gasteiger charge is -2.54. The van der Waals surface area contributed by atoms with Gasteiger partial charge < -0.3 is 14.5 Å². The standard InChI is InChI=1S/C10H19N3O2S/c1-11(2)9(14)12-4-5-13(16-3)10(6-12)7-15-8-10/h4-8H2,1-3H3. The lowest BCUT2D eigenvalue weighted by Crippen LogP contribution is -2.70.